The molecule has 3 nitrogen and oxygen atoms in total. The van der Waals surface area contributed by atoms with Crippen molar-refractivity contribution in [2.75, 3.05) is 0 Å². The molecule has 5 heteroatoms. The van der Waals surface area contributed by atoms with E-state index in [0.29, 0.717) is 0 Å². The van der Waals surface area contributed by atoms with Gasteiger partial charge in [0.2, 0.25) is 0 Å². The van der Waals surface area contributed by atoms with Crippen LogP contribution in [0.1, 0.15) is 0 Å². The predicted molar refractivity (Wildman–Crippen MR) is 243 cm³/mol. The molecule has 0 atom stereocenters. The number of thiophene rings is 1. The topological polar surface area (TPSA) is 30.7 Å². The van der Waals surface area contributed by atoms with E-state index in [0.717, 1.165) is 34.0 Å². The summed E-state index contributed by atoms with van der Waals surface area (Å²) in [6, 6.07) is 73.2. The fourth-order valence-corrected chi connectivity index (χ4v) is 21.8. The molecule has 11 aromatic rings. The molecule has 0 radical (unpaired) electrons. The van der Waals surface area contributed by atoms with Gasteiger partial charge in [0.15, 0.2) is 0 Å². The number of hydrogen-bond acceptors (Lipinski definition) is 3. The minimum absolute atomic E-state index is 0.733. The molecule has 0 bridgehead atoms. The number of benzene rings is 8. The van der Waals surface area contributed by atoms with Crippen LogP contribution in [0.4, 0.5) is 0 Å². The van der Waals surface area contributed by atoms with Crippen molar-refractivity contribution in [2.24, 2.45) is 0 Å². The first-order valence-corrected chi connectivity index (χ1v) is 24.4. The third kappa shape index (κ3) is 4.72. The summed E-state index contributed by atoms with van der Waals surface area (Å²) >= 11 is -1.77. The second kappa shape index (κ2) is 12.7. The molecule has 3 aromatic heterocycles. The van der Waals surface area contributed by atoms with E-state index in [-0.39, 0.29) is 0 Å². The molecule has 57 heavy (non-hydrogen) atoms. The Kier molecular flexibility index (Phi) is 7.28. The summed E-state index contributed by atoms with van der Waals surface area (Å²) in [4.78, 5) is 11.3. The molecule has 0 amide bonds. The average Bonchev–Trinajstić information content (AvgIpc) is 3.94. The third-order valence-electron chi connectivity index (χ3n) is 11.9. The van der Waals surface area contributed by atoms with Gasteiger partial charge in [-0.1, -0.05) is 18.2 Å². The van der Waals surface area contributed by atoms with Crippen molar-refractivity contribution in [3.8, 4) is 39.6 Å². The number of aromatic nitrogens is 3. The van der Waals surface area contributed by atoms with Crippen molar-refractivity contribution in [1.29, 1.82) is 0 Å². The molecular formula is C52H33GeN3S. The van der Waals surface area contributed by atoms with E-state index in [2.05, 4.69) is 205 Å². The van der Waals surface area contributed by atoms with E-state index in [1.54, 1.807) is 0 Å². The van der Waals surface area contributed by atoms with Gasteiger partial charge in [-0.25, -0.2) is 0 Å². The van der Waals surface area contributed by atoms with Gasteiger partial charge in [0.25, 0.3) is 0 Å². The molecule has 1 aliphatic heterocycles. The van der Waals surface area contributed by atoms with Gasteiger partial charge >= 0.3 is 314 Å². The molecule has 266 valence electrons. The zero-order valence-electron chi connectivity index (χ0n) is 30.8. The Morgan fingerprint density at radius 2 is 1.07 bits per heavy atom. The van der Waals surface area contributed by atoms with E-state index < -0.39 is 13.3 Å². The van der Waals surface area contributed by atoms with Crippen LogP contribution in [-0.2, 0) is 0 Å². The van der Waals surface area contributed by atoms with Gasteiger partial charge in [0, 0.05) is 0 Å². The number of rotatable bonds is 5. The summed E-state index contributed by atoms with van der Waals surface area (Å²) in [5.74, 6) is 0.733. The molecule has 8 aromatic carbocycles. The summed E-state index contributed by atoms with van der Waals surface area (Å²) in [6.45, 7) is 0. The number of para-hydroxylation sites is 1. The number of fused-ring (bicyclic) bond motifs is 10. The van der Waals surface area contributed by atoms with Crippen LogP contribution >= 0.6 is 11.3 Å². The zero-order chi connectivity index (χ0) is 37.5. The first kappa shape index (κ1) is 32.6. The molecule has 0 saturated heterocycles. The number of hydrogen-bond donors (Lipinski definition) is 0. The first-order chi connectivity index (χ1) is 28.3. The van der Waals surface area contributed by atoms with Gasteiger partial charge < -0.3 is 0 Å². The molecular weight excluding hydrogens is 771 g/mol. The van der Waals surface area contributed by atoms with Crippen LogP contribution in [0.2, 0.25) is 0 Å². The molecule has 4 heterocycles. The summed E-state index contributed by atoms with van der Waals surface area (Å²) in [5, 5.41) is 5.11. The maximum atomic E-state index is 5.67. The van der Waals surface area contributed by atoms with Crippen molar-refractivity contribution in [1.82, 2.24) is 14.5 Å². The van der Waals surface area contributed by atoms with Crippen LogP contribution in [0, 0.1) is 0 Å². The van der Waals surface area contributed by atoms with E-state index in [1.807, 2.05) is 11.3 Å². The molecule has 0 saturated carbocycles. The molecule has 0 aliphatic carbocycles. The number of nitrogens with zero attached hydrogens (tertiary/aromatic N) is 3. The molecule has 0 unspecified atom stereocenters. The fourth-order valence-electron chi connectivity index (χ4n) is 9.52. The van der Waals surface area contributed by atoms with Crippen LogP contribution in [0.15, 0.2) is 200 Å². The minimum atomic E-state index is -3.64. The maximum absolute atomic E-state index is 5.67. The van der Waals surface area contributed by atoms with E-state index in [1.165, 1.54) is 65.1 Å². The molecule has 0 spiro atoms. The third-order valence-corrected chi connectivity index (χ3v) is 23.3. The Balaban J connectivity index is 1.15. The molecule has 12 rings (SSSR count). The fraction of sp³-hybridized carbons (Fsp3) is 0. The second-order valence-electron chi connectivity index (χ2n) is 14.9. The van der Waals surface area contributed by atoms with E-state index >= 15 is 0 Å². The second-order valence-corrected chi connectivity index (χ2v) is 23.7. The Hall–Kier alpha value is -6.60. The van der Waals surface area contributed by atoms with Gasteiger partial charge in [0.1, 0.15) is 0 Å². The quantitative estimate of drug-likeness (QED) is 0.162. The normalized spacial score (nSPS) is 13.1. The summed E-state index contributed by atoms with van der Waals surface area (Å²) in [7, 11) is 0. The van der Waals surface area contributed by atoms with Gasteiger partial charge in [-0.3, -0.25) is 0 Å². The summed E-state index contributed by atoms with van der Waals surface area (Å²) < 4.78 is 10.5. The van der Waals surface area contributed by atoms with Crippen molar-refractivity contribution in [2.45, 2.75) is 0 Å². The molecule has 1 aliphatic rings. The van der Waals surface area contributed by atoms with Crippen molar-refractivity contribution < 1.29 is 0 Å². The van der Waals surface area contributed by atoms with E-state index in [4.69, 9.17) is 9.97 Å². The summed E-state index contributed by atoms with van der Waals surface area (Å²) in [6.07, 6.45) is 0. The zero-order valence-corrected chi connectivity index (χ0v) is 33.7. The Morgan fingerprint density at radius 3 is 1.86 bits per heavy atom. The van der Waals surface area contributed by atoms with Crippen LogP contribution in [0.25, 0.3) is 81.6 Å². The van der Waals surface area contributed by atoms with Crippen LogP contribution in [0.5, 0.6) is 0 Å². The SMILES string of the molecule is c1ccc(-c2nc(-c3cccc(-n4c5ccccc5c5ccc6c7ccccc7sc6c54)c3)nc3[c]2[Ge]([c]2ccccc2)([c]2ccccc2)[c]2ccccc2-3)cc1. The van der Waals surface area contributed by atoms with Crippen LogP contribution in [0.3, 0.4) is 0 Å². The molecule has 0 N–H and O–H groups in total. The van der Waals surface area contributed by atoms with Crippen molar-refractivity contribution in [3.05, 3.63) is 200 Å². The monoisotopic (exact) mass is 805 g/mol. The van der Waals surface area contributed by atoms with Gasteiger partial charge in [-0.05, 0) is 6.07 Å². The Labute approximate surface area is 336 Å². The average molecular weight is 805 g/mol. The van der Waals surface area contributed by atoms with Gasteiger partial charge in [-0.15, -0.1) is 0 Å². The molecule has 0 fully saturated rings. The Morgan fingerprint density at radius 1 is 0.456 bits per heavy atom. The van der Waals surface area contributed by atoms with Crippen molar-refractivity contribution >= 4 is 84.2 Å². The Bertz CT molecular complexity index is 3310. The van der Waals surface area contributed by atoms with Crippen LogP contribution < -0.4 is 17.6 Å². The van der Waals surface area contributed by atoms with Crippen LogP contribution in [-0.4, -0.2) is 27.8 Å². The van der Waals surface area contributed by atoms with Gasteiger partial charge in [-0.2, -0.15) is 0 Å². The predicted octanol–water partition coefficient (Wildman–Crippen LogP) is 10.6. The summed E-state index contributed by atoms with van der Waals surface area (Å²) in [5.41, 5.74) is 8.91. The standard InChI is InChI=1S/C52H33GeN3S/c1-4-17-34(18-5-1)48-47-49(43-27-10-13-28-44(43)53(47,36-20-6-2-7-21-36)37-22-8-3-9-23-37)55-52(54-48)35-19-16-24-38(33-35)56-45-29-14-11-25-39(45)41-31-32-42-40-26-12-15-30-46(40)57-51(42)50(41)56/h1-33H. The van der Waals surface area contributed by atoms with E-state index in [9.17, 15) is 0 Å². The first-order valence-electron chi connectivity index (χ1n) is 19.4. The van der Waals surface area contributed by atoms with Gasteiger partial charge in [0.05, 0.1) is 0 Å². The van der Waals surface area contributed by atoms with Crippen molar-refractivity contribution in [3.63, 3.8) is 0 Å².